The molecule has 0 saturated heterocycles. The molecule has 0 aliphatic carbocycles. The second-order valence-corrected chi connectivity index (χ2v) is 5.30. The van der Waals surface area contributed by atoms with Gasteiger partial charge in [-0.3, -0.25) is 4.57 Å². The van der Waals surface area contributed by atoms with Gasteiger partial charge in [-0.2, -0.15) is 0 Å². The molecule has 0 aliphatic rings. The summed E-state index contributed by atoms with van der Waals surface area (Å²) < 4.78 is 14.7. The van der Waals surface area contributed by atoms with Crippen LogP contribution in [0, 0.1) is 5.82 Å². The van der Waals surface area contributed by atoms with Crippen molar-refractivity contribution in [3.63, 3.8) is 0 Å². The molecule has 0 fully saturated rings. The lowest BCUT2D eigenvalue weighted by Crippen LogP contribution is -2.17. The highest BCUT2D eigenvalue weighted by Crippen LogP contribution is 2.23. The Bertz CT molecular complexity index is 711. The minimum absolute atomic E-state index is 0.0452. The van der Waals surface area contributed by atoms with Gasteiger partial charge in [-0.25, -0.2) is 19.1 Å². The molecule has 2 rings (SSSR count). The minimum atomic E-state index is -1.11. The average molecular weight is 311 g/mol. The number of benzene rings is 1. The summed E-state index contributed by atoms with van der Waals surface area (Å²) in [6.07, 6.45) is 0.771. The number of rotatable bonds is 6. The fourth-order valence-corrected chi connectivity index (χ4v) is 2.83. The van der Waals surface area contributed by atoms with E-state index in [9.17, 15) is 14.0 Å². The molecular weight excluding hydrogens is 297 g/mol. The molecule has 21 heavy (non-hydrogen) atoms. The first kappa shape index (κ1) is 15.3. The van der Waals surface area contributed by atoms with E-state index < -0.39 is 11.8 Å². The van der Waals surface area contributed by atoms with Crippen molar-refractivity contribution in [2.24, 2.45) is 0 Å². The summed E-state index contributed by atoms with van der Waals surface area (Å²) in [5.74, 6) is -1.39. The van der Waals surface area contributed by atoms with Crippen LogP contribution in [0.25, 0.3) is 0 Å². The van der Waals surface area contributed by atoms with Gasteiger partial charge in [0.15, 0.2) is 5.16 Å². The van der Waals surface area contributed by atoms with Crippen LogP contribution in [0.2, 0.25) is 0 Å². The van der Waals surface area contributed by atoms with Gasteiger partial charge in [0.1, 0.15) is 5.82 Å². The maximum atomic E-state index is 13.3. The van der Waals surface area contributed by atoms with Crippen LogP contribution in [0.15, 0.2) is 28.2 Å². The SMILES string of the molecule is CCCn1c(SCc2cc(F)ccc2C(=O)O)n[nH]c1=O. The molecule has 0 spiro atoms. The van der Waals surface area contributed by atoms with Crippen molar-refractivity contribution in [3.8, 4) is 0 Å². The van der Waals surface area contributed by atoms with Gasteiger partial charge in [-0.15, -0.1) is 5.10 Å². The topological polar surface area (TPSA) is 88.0 Å². The van der Waals surface area contributed by atoms with Crippen LogP contribution < -0.4 is 5.69 Å². The van der Waals surface area contributed by atoms with Crippen molar-refractivity contribution < 1.29 is 14.3 Å². The third-order valence-electron chi connectivity index (χ3n) is 2.82. The highest BCUT2D eigenvalue weighted by molar-refractivity contribution is 7.98. The number of aromatic nitrogens is 3. The van der Waals surface area contributed by atoms with E-state index in [-0.39, 0.29) is 17.0 Å². The standard InChI is InChI=1S/C13H14FN3O3S/c1-2-5-17-12(20)15-16-13(17)21-7-8-6-9(14)3-4-10(8)11(18)19/h3-4,6H,2,5,7H2,1H3,(H,15,20)(H,18,19). The number of aromatic carboxylic acids is 1. The van der Waals surface area contributed by atoms with Gasteiger partial charge in [0.2, 0.25) is 0 Å². The summed E-state index contributed by atoms with van der Waals surface area (Å²) in [4.78, 5) is 22.7. The molecule has 0 aliphatic heterocycles. The van der Waals surface area contributed by atoms with Gasteiger partial charge >= 0.3 is 11.7 Å². The van der Waals surface area contributed by atoms with Crippen molar-refractivity contribution in [1.82, 2.24) is 14.8 Å². The lowest BCUT2D eigenvalue weighted by atomic mass is 10.1. The van der Waals surface area contributed by atoms with Gasteiger partial charge in [-0.1, -0.05) is 18.7 Å². The largest absolute Gasteiger partial charge is 0.478 e. The monoisotopic (exact) mass is 311 g/mol. The Kier molecular flexibility index (Phi) is 4.79. The number of carboxylic acids is 1. The molecule has 0 saturated carbocycles. The molecule has 2 aromatic rings. The zero-order valence-corrected chi connectivity index (χ0v) is 12.1. The lowest BCUT2D eigenvalue weighted by Gasteiger charge is -2.06. The van der Waals surface area contributed by atoms with Crippen molar-refractivity contribution in [1.29, 1.82) is 0 Å². The first-order chi connectivity index (χ1) is 10.0. The second kappa shape index (κ2) is 6.57. The van der Waals surface area contributed by atoms with E-state index in [1.165, 1.54) is 28.5 Å². The van der Waals surface area contributed by atoms with Crippen molar-refractivity contribution in [2.75, 3.05) is 0 Å². The molecule has 2 N–H and O–H groups in total. The molecule has 6 nitrogen and oxygen atoms in total. The third-order valence-corrected chi connectivity index (χ3v) is 3.85. The Hall–Kier alpha value is -2.09. The predicted octanol–water partition coefficient (Wildman–Crippen LogP) is 2.11. The summed E-state index contributed by atoms with van der Waals surface area (Å²) in [5, 5.41) is 15.8. The Morgan fingerprint density at radius 1 is 1.52 bits per heavy atom. The Morgan fingerprint density at radius 3 is 2.95 bits per heavy atom. The molecule has 1 aromatic carbocycles. The fraction of sp³-hybridized carbons (Fsp3) is 0.308. The summed E-state index contributed by atoms with van der Waals surface area (Å²) in [6, 6.07) is 3.53. The molecular formula is C13H14FN3O3S. The maximum Gasteiger partial charge on any atom is 0.343 e. The van der Waals surface area contributed by atoms with Crippen LogP contribution in [-0.4, -0.2) is 25.8 Å². The molecule has 0 atom stereocenters. The van der Waals surface area contributed by atoms with E-state index in [0.29, 0.717) is 17.3 Å². The number of nitrogens with one attached hydrogen (secondary N) is 1. The normalized spacial score (nSPS) is 10.8. The maximum absolute atomic E-state index is 13.3. The van der Waals surface area contributed by atoms with E-state index in [0.717, 1.165) is 12.5 Å². The van der Waals surface area contributed by atoms with Crippen LogP contribution in [0.3, 0.4) is 0 Å². The lowest BCUT2D eigenvalue weighted by molar-refractivity contribution is 0.0696. The van der Waals surface area contributed by atoms with E-state index >= 15 is 0 Å². The number of H-pyrrole nitrogens is 1. The second-order valence-electron chi connectivity index (χ2n) is 4.36. The first-order valence-electron chi connectivity index (χ1n) is 6.32. The number of nitrogens with zero attached hydrogens (tertiary/aromatic N) is 2. The first-order valence-corrected chi connectivity index (χ1v) is 7.31. The number of carboxylic acid groups (broad SMARTS) is 1. The highest BCUT2D eigenvalue weighted by Gasteiger charge is 2.14. The van der Waals surface area contributed by atoms with Gasteiger partial charge < -0.3 is 5.11 Å². The van der Waals surface area contributed by atoms with Crippen LogP contribution in [-0.2, 0) is 12.3 Å². The van der Waals surface area contributed by atoms with Crippen molar-refractivity contribution >= 4 is 17.7 Å². The number of halogens is 1. The van der Waals surface area contributed by atoms with Crippen LogP contribution in [0.4, 0.5) is 4.39 Å². The number of hydrogen-bond acceptors (Lipinski definition) is 4. The Balaban J connectivity index is 2.22. The van der Waals surface area contributed by atoms with Gasteiger partial charge in [0.25, 0.3) is 0 Å². The summed E-state index contributed by atoms with van der Waals surface area (Å²) in [7, 11) is 0. The molecule has 8 heteroatoms. The van der Waals surface area contributed by atoms with Crippen molar-refractivity contribution in [2.45, 2.75) is 30.8 Å². The fourth-order valence-electron chi connectivity index (χ4n) is 1.87. The Morgan fingerprint density at radius 2 is 2.29 bits per heavy atom. The third kappa shape index (κ3) is 3.52. The Labute approximate surface area is 124 Å². The zero-order valence-electron chi connectivity index (χ0n) is 11.3. The summed E-state index contributed by atoms with van der Waals surface area (Å²) >= 11 is 1.19. The van der Waals surface area contributed by atoms with E-state index in [4.69, 9.17) is 5.11 Å². The number of hydrogen-bond donors (Lipinski definition) is 2. The predicted molar refractivity (Wildman–Crippen MR) is 76.1 cm³/mol. The molecule has 0 unspecified atom stereocenters. The van der Waals surface area contributed by atoms with Crippen molar-refractivity contribution in [3.05, 3.63) is 45.6 Å². The molecule has 0 bridgehead atoms. The van der Waals surface area contributed by atoms with Gasteiger partial charge in [0.05, 0.1) is 5.56 Å². The van der Waals surface area contributed by atoms with Crippen LogP contribution in [0.5, 0.6) is 0 Å². The summed E-state index contributed by atoms with van der Waals surface area (Å²) in [6.45, 7) is 2.45. The smallest absolute Gasteiger partial charge is 0.343 e. The summed E-state index contributed by atoms with van der Waals surface area (Å²) in [5.41, 5.74) is 0.0897. The number of carbonyl (C=O) groups is 1. The molecule has 1 heterocycles. The van der Waals surface area contributed by atoms with Gasteiger partial charge in [-0.05, 0) is 30.2 Å². The van der Waals surface area contributed by atoms with E-state index in [1.54, 1.807) is 0 Å². The van der Waals surface area contributed by atoms with Crippen LogP contribution in [0.1, 0.15) is 29.3 Å². The highest BCUT2D eigenvalue weighted by atomic mass is 32.2. The molecule has 0 amide bonds. The molecule has 112 valence electrons. The number of thioether (sulfide) groups is 1. The molecule has 1 aromatic heterocycles. The quantitative estimate of drug-likeness (QED) is 0.798. The minimum Gasteiger partial charge on any atom is -0.478 e. The average Bonchev–Trinajstić information content (AvgIpc) is 2.78. The van der Waals surface area contributed by atoms with Crippen LogP contribution >= 0.6 is 11.8 Å². The number of aromatic amines is 1. The molecule has 0 radical (unpaired) electrons. The van der Waals surface area contributed by atoms with E-state index in [1.807, 2.05) is 6.92 Å². The zero-order chi connectivity index (χ0) is 15.4. The van der Waals surface area contributed by atoms with E-state index in [2.05, 4.69) is 10.2 Å². The van der Waals surface area contributed by atoms with Gasteiger partial charge in [0, 0.05) is 12.3 Å².